The molecule has 0 fully saturated rings. The van der Waals surface area contributed by atoms with Gasteiger partial charge in [-0.25, -0.2) is 0 Å². The summed E-state index contributed by atoms with van der Waals surface area (Å²) in [5.41, 5.74) is 0. The summed E-state index contributed by atoms with van der Waals surface area (Å²) in [5.74, 6) is -0.123. The molecule has 15 heavy (non-hydrogen) atoms. The van der Waals surface area contributed by atoms with Crippen LogP contribution in [0.15, 0.2) is 12.2 Å². The number of aliphatic hydroxyl groups excluding tert-OH is 1. The Morgan fingerprint density at radius 2 is 1.93 bits per heavy atom. The minimum absolute atomic E-state index is 0.123. The number of hydrogen-bond acceptors (Lipinski definition) is 3. The van der Waals surface area contributed by atoms with Crippen LogP contribution in [0.3, 0.4) is 0 Å². The second kappa shape index (κ2) is 11.2. The average molecular weight is 214 g/mol. The van der Waals surface area contributed by atoms with Crippen LogP contribution in [-0.2, 0) is 9.53 Å². The summed E-state index contributed by atoms with van der Waals surface area (Å²) in [6, 6.07) is 0. The van der Waals surface area contributed by atoms with E-state index < -0.39 is 0 Å². The largest absolute Gasteiger partial charge is 0.466 e. The molecule has 3 heteroatoms. The molecule has 0 atom stereocenters. The molecule has 0 spiro atoms. The van der Waals surface area contributed by atoms with Gasteiger partial charge in [-0.15, -0.1) is 0 Å². The van der Waals surface area contributed by atoms with Gasteiger partial charge in [-0.05, 0) is 32.6 Å². The fraction of sp³-hybridized carbons (Fsp3) is 0.750. The third-order valence-electron chi connectivity index (χ3n) is 2.02. The molecular weight excluding hydrogens is 192 g/mol. The van der Waals surface area contributed by atoms with Crippen LogP contribution in [0.5, 0.6) is 0 Å². The van der Waals surface area contributed by atoms with E-state index >= 15 is 0 Å². The van der Waals surface area contributed by atoms with Crippen LogP contribution in [0.4, 0.5) is 0 Å². The van der Waals surface area contributed by atoms with E-state index in [0.29, 0.717) is 13.0 Å². The van der Waals surface area contributed by atoms with Gasteiger partial charge < -0.3 is 9.84 Å². The summed E-state index contributed by atoms with van der Waals surface area (Å²) in [5, 5.41) is 8.55. The predicted octanol–water partition coefficient (Wildman–Crippen LogP) is 2.44. The SMILES string of the molecule is CCOC(=O)CC/C=C/CCCCCO. The number of carbonyl (C=O) groups excluding carboxylic acids is 1. The molecule has 0 rings (SSSR count). The van der Waals surface area contributed by atoms with Gasteiger partial charge in [-0.1, -0.05) is 18.6 Å². The molecule has 0 aromatic heterocycles. The molecule has 0 aliphatic heterocycles. The molecule has 0 aliphatic rings. The van der Waals surface area contributed by atoms with Gasteiger partial charge in [0, 0.05) is 13.0 Å². The number of aliphatic hydroxyl groups is 1. The van der Waals surface area contributed by atoms with Crippen molar-refractivity contribution in [2.24, 2.45) is 0 Å². The molecule has 0 bridgehead atoms. The summed E-state index contributed by atoms with van der Waals surface area (Å²) >= 11 is 0. The van der Waals surface area contributed by atoms with Crippen molar-refractivity contribution in [1.29, 1.82) is 0 Å². The quantitative estimate of drug-likeness (QED) is 0.364. The number of allylic oxidation sites excluding steroid dienone is 2. The maximum atomic E-state index is 10.9. The smallest absolute Gasteiger partial charge is 0.306 e. The van der Waals surface area contributed by atoms with E-state index in [9.17, 15) is 4.79 Å². The molecule has 88 valence electrons. The number of unbranched alkanes of at least 4 members (excludes halogenated alkanes) is 3. The minimum Gasteiger partial charge on any atom is -0.466 e. The number of rotatable bonds is 9. The van der Waals surface area contributed by atoms with Crippen molar-refractivity contribution in [2.45, 2.75) is 45.4 Å². The van der Waals surface area contributed by atoms with Gasteiger partial charge in [0.1, 0.15) is 0 Å². The molecule has 0 saturated carbocycles. The first kappa shape index (κ1) is 14.2. The number of carbonyl (C=O) groups is 1. The second-order valence-electron chi connectivity index (χ2n) is 3.39. The first-order valence-electron chi connectivity index (χ1n) is 5.72. The summed E-state index contributed by atoms with van der Waals surface area (Å²) in [4.78, 5) is 10.9. The first-order valence-corrected chi connectivity index (χ1v) is 5.72. The monoisotopic (exact) mass is 214 g/mol. The molecule has 0 amide bonds. The Bertz CT molecular complexity index is 176. The molecule has 0 unspecified atom stereocenters. The van der Waals surface area contributed by atoms with Crippen molar-refractivity contribution in [3.05, 3.63) is 12.2 Å². The first-order chi connectivity index (χ1) is 7.31. The Morgan fingerprint density at radius 3 is 2.60 bits per heavy atom. The van der Waals surface area contributed by atoms with Crippen LogP contribution in [0.25, 0.3) is 0 Å². The lowest BCUT2D eigenvalue weighted by atomic mass is 10.2. The molecule has 0 aromatic carbocycles. The molecule has 0 radical (unpaired) electrons. The lowest BCUT2D eigenvalue weighted by Crippen LogP contribution is -2.02. The molecule has 0 aliphatic carbocycles. The second-order valence-corrected chi connectivity index (χ2v) is 3.39. The Kier molecular flexibility index (Phi) is 10.6. The normalized spacial score (nSPS) is 10.8. The maximum absolute atomic E-state index is 10.9. The highest BCUT2D eigenvalue weighted by atomic mass is 16.5. The number of hydrogen-bond donors (Lipinski definition) is 1. The summed E-state index contributed by atoms with van der Waals surface area (Å²) in [6.07, 6.45) is 9.45. The van der Waals surface area contributed by atoms with Gasteiger partial charge in [0.05, 0.1) is 6.61 Å². The van der Waals surface area contributed by atoms with Crippen molar-refractivity contribution in [1.82, 2.24) is 0 Å². The number of ether oxygens (including phenoxy) is 1. The topological polar surface area (TPSA) is 46.5 Å². The molecule has 3 nitrogen and oxygen atoms in total. The summed E-state index contributed by atoms with van der Waals surface area (Å²) < 4.78 is 4.80. The van der Waals surface area contributed by atoms with Crippen LogP contribution in [0, 0.1) is 0 Å². The van der Waals surface area contributed by atoms with Gasteiger partial charge in [-0.3, -0.25) is 4.79 Å². The van der Waals surface area contributed by atoms with Gasteiger partial charge in [-0.2, -0.15) is 0 Å². The Morgan fingerprint density at radius 1 is 1.20 bits per heavy atom. The third-order valence-corrected chi connectivity index (χ3v) is 2.02. The predicted molar refractivity (Wildman–Crippen MR) is 60.6 cm³/mol. The highest BCUT2D eigenvalue weighted by Gasteiger charge is 1.97. The van der Waals surface area contributed by atoms with Crippen LogP contribution in [-0.4, -0.2) is 24.3 Å². The van der Waals surface area contributed by atoms with Gasteiger partial charge in [0.25, 0.3) is 0 Å². The molecule has 0 saturated heterocycles. The van der Waals surface area contributed by atoms with Crippen molar-refractivity contribution < 1.29 is 14.6 Å². The lowest BCUT2D eigenvalue weighted by Gasteiger charge is -1.98. The zero-order chi connectivity index (χ0) is 11.4. The van der Waals surface area contributed by atoms with Crippen molar-refractivity contribution >= 4 is 5.97 Å². The van der Waals surface area contributed by atoms with Gasteiger partial charge in [0.15, 0.2) is 0 Å². The van der Waals surface area contributed by atoms with Crippen molar-refractivity contribution in [2.75, 3.05) is 13.2 Å². The Hall–Kier alpha value is -0.830. The summed E-state index contributed by atoms with van der Waals surface area (Å²) in [6.45, 7) is 2.56. The Labute approximate surface area is 92.1 Å². The van der Waals surface area contributed by atoms with Crippen LogP contribution in [0.1, 0.15) is 45.4 Å². The van der Waals surface area contributed by atoms with E-state index in [0.717, 1.165) is 32.1 Å². The van der Waals surface area contributed by atoms with Crippen molar-refractivity contribution in [3.63, 3.8) is 0 Å². The van der Waals surface area contributed by atoms with E-state index in [-0.39, 0.29) is 12.6 Å². The molecule has 0 aromatic rings. The van der Waals surface area contributed by atoms with Crippen LogP contribution in [0.2, 0.25) is 0 Å². The van der Waals surface area contributed by atoms with Crippen molar-refractivity contribution in [3.8, 4) is 0 Å². The molecule has 0 heterocycles. The Balaban J connectivity index is 3.20. The number of esters is 1. The third kappa shape index (κ3) is 11.1. The van der Waals surface area contributed by atoms with E-state index in [2.05, 4.69) is 6.08 Å². The van der Waals surface area contributed by atoms with E-state index in [4.69, 9.17) is 9.84 Å². The van der Waals surface area contributed by atoms with Crippen LogP contribution >= 0.6 is 0 Å². The standard InChI is InChI=1S/C12H22O3/c1-2-15-12(14)10-8-6-4-3-5-7-9-11-13/h4,6,13H,2-3,5,7-11H2,1H3/b6-4+. The fourth-order valence-corrected chi connectivity index (χ4v) is 1.22. The average Bonchev–Trinajstić information content (AvgIpc) is 2.22. The van der Waals surface area contributed by atoms with Crippen LogP contribution < -0.4 is 0 Å². The van der Waals surface area contributed by atoms with E-state index in [1.165, 1.54) is 0 Å². The molecule has 1 N–H and O–H groups in total. The highest BCUT2D eigenvalue weighted by Crippen LogP contribution is 2.01. The van der Waals surface area contributed by atoms with E-state index in [1.54, 1.807) is 0 Å². The zero-order valence-corrected chi connectivity index (χ0v) is 9.58. The maximum Gasteiger partial charge on any atom is 0.306 e. The zero-order valence-electron chi connectivity index (χ0n) is 9.58. The summed E-state index contributed by atoms with van der Waals surface area (Å²) in [7, 11) is 0. The van der Waals surface area contributed by atoms with Gasteiger partial charge >= 0.3 is 5.97 Å². The van der Waals surface area contributed by atoms with E-state index in [1.807, 2.05) is 13.0 Å². The fourth-order valence-electron chi connectivity index (χ4n) is 1.22. The minimum atomic E-state index is -0.123. The molecular formula is C12H22O3. The van der Waals surface area contributed by atoms with Gasteiger partial charge in [0.2, 0.25) is 0 Å². The highest BCUT2D eigenvalue weighted by molar-refractivity contribution is 5.69. The lowest BCUT2D eigenvalue weighted by molar-refractivity contribution is -0.142.